The molecule has 0 amide bonds. The van der Waals surface area contributed by atoms with E-state index in [2.05, 4.69) is 15.0 Å². The molecule has 0 radical (unpaired) electrons. The topological polar surface area (TPSA) is 86.3 Å². The summed E-state index contributed by atoms with van der Waals surface area (Å²) in [5.74, 6) is 3.04. The molecular formula is C24H21N3O4. The van der Waals surface area contributed by atoms with Crippen LogP contribution in [0.4, 0.5) is 0 Å². The second-order valence-corrected chi connectivity index (χ2v) is 7.52. The van der Waals surface area contributed by atoms with Crippen LogP contribution in [0.15, 0.2) is 60.8 Å². The second-order valence-electron chi connectivity index (χ2n) is 7.52. The molecule has 0 saturated heterocycles. The molecule has 1 N–H and O–H groups in total. The lowest BCUT2D eigenvalue weighted by atomic mass is 10.2. The van der Waals surface area contributed by atoms with E-state index >= 15 is 0 Å². The Kier molecular flexibility index (Phi) is 5.00. The van der Waals surface area contributed by atoms with Crippen molar-refractivity contribution in [1.29, 1.82) is 0 Å². The van der Waals surface area contributed by atoms with Gasteiger partial charge in [-0.15, -0.1) is 0 Å². The quantitative estimate of drug-likeness (QED) is 0.428. The lowest BCUT2D eigenvalue weighted by Crippen LogP contribution is -2.00. The number of ether oxygens (including phenoxy) is 3. The molecule has 0 spiro atoms. The summed E-state index contributed by atoms with van der Waals surface area (Å²) >= 11 is 0. The van der Waals surface area contributed by atoms with Crippen LogP contribution in [0.5, 0.6) is 17.2 Å². The van der Waals surface area contributed by atoms with Crippen molar-refractivity contribution in [2.45, 2.75) is 12.8 Å². The van der Waals surface area contributed by atoms with E-state index in [-0.39, 0.29) is 5.97 Å². The van der Waals surface area contributed by atoms with Gasteiger partial charge in [-0.3, -0.25) is 0 Å². The van der Waals surface area contributed by atoms with E-state index in [0.717, 1.165) is 23.4 Å². The number of hydrogen-bond donors (Lipinski definition) is 1. The number of imidazole rings is 1. The van der Waals surface area contributed by atoms with Crippen molar-refractivity contribution in [3.63, 3.8) is 0 Å². The SMILES string of the molecule is COC(=O)c1ccc2nc(-c3ccc(Oc4cccc(OCC5CC5)c4)cn3)[nH]c2c1. The van der Waals surface area contributed by atoms with E-state index in [1.54, 1.807) is 24.4 Å². The molecule has 2 aromatic carbocycles. The molecule has 5 rings (SSSR count). The van der Waals surface area contributed by atoms with Crippen LogP contribution in [-0.4, -0.2) is 34.6 Å². The van der Waals surface area contributed by atoms with Crippen LogP contribution in [0.2, 0.25) is 0 Å². The first-order chi connectivity index (χ1) is 15.2. The maximum atomic E-state index is 11.7. The Morgan fingerprint density at radius 1 is 1.06 bits per heavy atom. The Hall–Kier alpha value is -3.87. The lowest BCUT2D eigenvalue weighted by molar-refractivity contribution is 0.0601. The number of carbonyl (C=O) groups excluding carboxylic acids is 1. The predicted molar refractivity (Wildman–Crippen MR) is 115 cm³/mol. The molecule has 31 heavy (non-hydrogen) atoms. The Balaban J connectivity index is 1.30. The Labute approximate surface area is 179 Å². The zero-order chi connectivity index (χ0) is 21.2. The number of carbonyl (C=O) groups is 1. The third kappa shape index (κ3) is 4.35. The summed E-state index contributed by atoms with van der Waals surface area (Å²) < 4.78 is 16.5. The summed E-state index contributed by atoms with van der Waals surface area (Å²) in [7, 11) is 1.36. The summed E-state index contributed by atoms with van der Waals surface area (Å²) in [5, 5.41) is 0. The van der Waals surface area contributed by atoms with Crippen LogP contribution >= 0.6 is 0 Å². The highest BCUT2D eigenvalue weighted by molar-refractivity contribution is 5.94. The van der Waals surface area contributed by atoms with Crippen LogP contribution in [-0.2, 0) is 4.74 Å². The van der Waals surface area contributed by atoms with Gasteiger partial charge in [-0.2, -0.15) is 0 Å². The van der Waals surface area contributed by atoms with Crippen LogP contribution in [0, 0.1) is 5.92 Å². The normalized spacial score (nSPS) is 13.2. The van der Waals surface area contributed by atoms with Gasteiger partial charge in [0.2, 0.25) is 0 Å². The van der Waals surface area contributed by atoms with Gasteiger partial charge in [-0.25, -0.2) is 14.8 Å². The fraction of sp³-hybridized carbons (Fsp3) is 0.208. The highest BCUT2D eigenvalue weighted by Crippen LogP contribution is 2.31. The summed E-state index contributed by atoms with van der Waals surface area (Å²) in [6.07, 6.45) is 4.16. The van der Waals surface area contributed by atoms with E-state index in [9.17, 15) is 4.79 Å². The van der Waals surface area contributed by atoms with Gasteiger partial charge in [0.1, 0.15) is 22.9 Å². The van der Waals surface area contributed by atoms with E-state index < -0.39 is 0 Å². The zero-order valence-corrected chi connectivity index (χ0v) is 17.0. The number of rotatable bonds is 7. The maximum Gasteiger partial charge on any atom is 0.337 e. The van der Waals surface area contributed by atoms with Crippen molar-refractivity contribution in [1.82, 2.24) is 15.0 Å². The van der Waals surface area contributed by atoms with Gasteiger partial charge in [0.15, 0.2) is 5.82 Å². The van der Waals surface area contributed by atoms with E-state index in [1.165, 1.54) is 20.0 Å². The van der Waals surface area contributed by atoms with Crippen molar-refractivity contribution >= 4 is 17.0 Å². The molecule has 1 aliphatic carbocycles. The van der Waals surface area contributed by atoms with Crippen molar-refractivity contribution < 1.29 is 19.0 Å². The predicted octanol–water partition coefficient (Wildman–Crippen LogP) is 4.99. The summed E-state index contributed by atoms with van der Waals surface area (Å²) in [4.78, 5) is 23.9. The number of aromatic amines is 1. The van der Waals surface area contributed by atoms with Gasteiger partial charge in [0, 0.05) is 6.07 Å². The number of aromatic nitrogens is 3. The monoisotopic (exact) mass is 415 g/mol. The Bertz CT molecular complexity index is 1230. The van der Waals surface area contributed by atoms with Crippen molar-refractivity contribution in [3.8, 4) is 28.8 Å². The van der Waals surface area contributed by atoms with E-state index in [0.29, 0.717) is 34.5 Å². The van der Waals surface area contributed by atoms with Crippen LogP contribution in [0.1, 0.15) is 23.2 Å². The molecule has 0 unspecified atom stereocenters. The van der Waals surface area contributed by atoms with Gasteiger partial charge in [-0.05, 0) is 61.2 Å². The minimum absolute atomic E-state index is 0.389. The number of methoxy groups -OCH3 is 1. The molecule has 7 nitrogen and oxygen atoms in total. The van der Waals surface area contributed by atoms with Gasteiger partial charge >= 0.3 is 5.97 Å². The maximum absolute atomic E-state index is 11.7. The fourth-order valence-corrected chi connectivity index (χ4v) is 3.22. The number of nitrogens with zero attached hydrogens (tertiary/aromatic N) is 2. The molecule has 2 aromatic heterocycles. The highest BCUT2D eigenvalue weighted by Gasteiger charge is 2.21. The number of H-pyrrole nitrogens is 1. The molecule has 7 heteroatoms. The molecule has 1 aliphatic rings. The average molecular weight is 415 g/mol. The number of esters is 1. The van der Waals surface area contributed by atoms with Gasteiger partial charge < -0.3 is 19.2 Å². The van der Waals surface area contributed by atoms with Crippen molar-refractivity contribution in [2.75, 3.05) is 13.7 Å². The highest BCUT2D eigenvalue weighted by atomic mass is 16.5. The minimum Gasteiger partial charge on any atom is -0.493 e. The summed E-state index contributed by atoms with van der Waals surface area (Å²) in [6, 6.07) is 16.5. The summed E-state index contributed by atoms with van der Waals surface area (Å²) in [5.41, 5.74) is 2.62. The molecule has 2 heterocycles. The average Bonchev–Trinajstić information content (AvgIpc) is 3.54. The minimum atomic E-state index is -0.389. The molecule has 0 bridgehead atoms. The van der Waals surface area contributed by atoms with Gasteiger partial charge in [-0.1, -0.05) is 6.07 Å². The van der Waals surface area contributed by atoms with Crippen molar-refractivity contribution in [3.05, 3.63) is 66.4 Å². The molecule has 0 aliphatic heterocycles. The molecule has 0 atom stereocenters. The zero-order valence-electron chi connectivity index (χ0n) is 17.0. The number of nitrogens with one attached hydrogen (secondary N) is 1. The fourth-order valence-electron chi connectivity index (χ4n) is 3.22. The molecule has 156 valence electrons. The standard InChI is InChI=1S/C24H21N3O4/c1-29-24(28)16-7-9-20-22(11-16)27-23(26-20)21-10-8-19(13-25-21)31-18-4-2-3-17(12-18)30-14-15-5-6-15/h2-4,7-13,15H,5-6,14H2,1H3,(H,26,27). The smallest absolute Gasteiger partial charge is 0.337 e. The van der Waals surface area contributed by atoms with Crippen LogP contribution in [0.3, 0.4) is 0 Å². The number of pyridine rings is 1. The number of benzene rings is 2. The number of fused-ring (bicyclic) bond motifs is 1. The third-order valence-electron chi connectivity index (χ3n) is 5.11. The van der Waals surface area contributed by atoms with Gasteiger partial charge in [0.25, 0.3) is 0 Å². The lowest BCUT2D eigenvalue weighted by Gasteiger charge is -2.09. The molecule has 1 saturated carbocycles. The first-order valence-electron chi connectivity index (χ1n) is 10.1. The summed E-state index contributed by atoms with van der Waals surface area (Å²) in [6.45, 7) is 0.762. The van der Waals surface area contributed by atoms with Crippen LogP contribution < -0.4 is 9.47 Å². The first kappa shape index (κ1) is 19.1. The molecule has 4 aromatic rings. The second kappa shape index (κ2) is 8.10. The Morgan fingerprint density at radius 3 is 2.71 bits per heavy atom. The molecule has 1 fully saturated rings. The van der Waals surface area contributed by atoms with Gasteiger partial charge in [0.05, 0.1) is 36.5 Å². The van der Waals surface area contributed by atoms with Crippen LogP contribution in [0.25, 0.3) is 22.6 Å². The van der Waals surface area contributed by atoms with E-state index in [4.69, 9.17) is 14.2 Å². The number of hydrogen-bond acceptors (Lipinski definition) is 6. The van der Waals surface area contributed by atoms with E-state index in [1.807, 2.05) is 36.4 Å². The molecular weight excluding hydrogens is 394 g/mol. The Morgan fingerprint density at radius 2 is 1.94 bits per heavy atom. The van der Waals surface area contributed by atoms with Crippen molar-refractivity contribution in [2.24, 2.45) is 5.92 Å². The largest absolute Gasteiger partial charge is 0.493 e. The third-order valence-corrected chi connectivity index (χ3v) is 5.11. The first-order valence-corrected chi connectivity index (χ1v) is 10.1.